The van der Waals surface area contributed by atoms with Crippen LogP contribution >= 0.6 is 0 Å². The normalized spacial score (nSPS) is 13.7. The minimum atomic E-state index is -0.310. The molecule has 0 radical (unpaired) electrons. The smallest absolute Gasteiger partial charge is 0.273 e. The first-order valence-corrected chi connectivity index (χ1v) is 11.9. The van der Waals surface area contributed by atoms with Crippen LogP contribution in [0.25, 0.3) is 11.4 Å². The molecule has 8 heteroatoms. The Morgan fingerprint density at radius 1 is 1.00 bits per heavy atom. The number of nitrogens with zero attached hydrogens (tertiary/aromatic N) is 4. The Bertz CT molecular complexity index is 1120. The maximum absolute atomic E-state index is 12.7. The number of rotatable bonds is 9. The molecule has 0 unspecified atom stereocenters. The predicted molar refractivity (Wildman–Crippen MR) is 132 cm³/mol. The molecule has 0 atom stereocenters. The summed E-state index contributed by atoms with van der Waals surface area (Å²) in [5.41, 5.74) is 1.90. The van der Waals surface area contributed by atoms with Crippen molar-refractivity contribution in [2.75, 3.05) is 37.7 Å². The molecule has 1 amide bonds. The third kappa shape index (κ3) is 6.01. The van der Waals surface area contributed by atoms with Crippen molar-refractivity contribution in [1.82, 2.24) is 20.1 Å². The number of aryl methyl sites for hydroxylation is 1. The summed E-state index contributed by atoms with van der Waals surface area (Å²) in [6, 6.07) is 17.6. The standard InChI is InChI=1S/C26H31N5O3/c1-2-3-19-34-22-11-9-20(10-12-22)25-27-26(33)23(28-29-25)13-14-24(32)31-17-15-30(16-18-31)21-7-5-4-6-8-21/h4-12H,2-3,13-19H2,1H3,(H,27,29,33). The Hall–Kier alpha value is -3.68. The van der Waals surface area contributed by atoms with Crippen LogP contribution in [0, 0.1) is 0 Å². The fourth-order valence-corrected chi connectivity index (χ4v) is 3.93. The van der Waals surface area contributed by atoms with Gasteiger partial charge in [-0.3, -0.25) is 9.59 Å². The van der Waals surface area contributed by atoms with Gasteiger partial charge in [-0.05, 0) is 42.8 Å². The van der Waals surface area contributed by atoms with Gasteiger partial charge in [0.25, 0.3) is 5.56 Å². The van der Waals surface area contributed by atoms with Gasteiger partial charge in [-0.15, -0.1) is 10.2 Å². The molecule has 178 valence electrons. The molecule has 0 aliphatic carbocycles. The van der Waals surface area contributed by atoms with Gasteiger partial charge in [0.1, 0.15) is 11.4 Å². The number of aromatic amines is 1. The average Bonchev–Trinajstić information content (AvgIpc) is 2.89. The van der Waals surface area contributed by atoms with E-state index in [0.29, 0.717) is 25.5 Å². The number of amides is 1. The van der Waals surface area contributed by atoms with Crippen LogP contribution in [0.1, 0.15) is 31.9 Å². The lowest BCUT2D eigenvalue weighted by atomic mass is 10.2. The second-order valence-electron chi connectivity index (χ2n) is 8.38. The van der Waals surface area contributed by atoms with E-state index in [1.54, 1.807) is 0 Å². The van der Waals surface area contributed by atoms with E-state index in [2.05, 4.69) is 39.1 Å². The van der Waals surface area contributed by atoms with E-state index in [1.807, 2.05) is 47.4 Å². The van der Waals surface area contributed by atoms with E-state index >= 15 is 0 Å². The number of hydrogen-bond donors (Lipinski definition) is 1. The lowest BCUT2D eigenvalue weighted by Gasteiger charge is -2.36. The minimum absolute atomic E-state index is 0.0386. The topological polar surface area (TPSA) is 91.4 Å². The van der Waals surface area contributed by atoms with Crippen molar-refractivity contribution in [3.8, 4) is 17.1 Å². The summed E-state index contributed by atoms with van der Waals surface area (Å²) in [4.78, 5) is 32.1. The summed E-state index contributed by atoms with van der Waals surface area (Å²) in [6.45, 7) is 5.75. The maximum atomic E-state index is 12.7. The molecule has 3 aromatic rings. The summed E-state index contributed by atoms with van der Waals surface area (Å²) < 4.78 is 5.67. The second-order valence-corrected chi connectivity index (χ2v) is 8.38. The van der Waals surface area contributed by atoms with Crippen LogP contribution in [-0.4, -0.2) is 58.8 Å². The van der Waals surface area contributed by atoms with Crippen molar-refractivity contribution in [3.63, 3.8) is 0 Å². The molecule has 1 aromatic heterocycles. The van der Waals surface area contributed by atoms with Crippen molar-refractivity contribution < 1.29 is 9.53 Å². The largest absolute Gasteiger partial charge is 0.494 e. The van der Waals surface area contributed by atoms with Crippen LogP contribution in [0.15, 0.2) is 59.4 Å². The highest BCUT2D eigenvalue weighted by Gasteiger charge is 2.21. The lowest BCUT2D eigenvalue weighted by molar-refractivity contribution is -0.131. The highest BCUT2D eigenvalue weighted by molar-refractivity contribution is 5.76. The molecule has 1 aliphatic rings. The van der Waals surface area contributed by atoms with Crippen molar-refractivity contribution >= 4 is 11.6 Å². The fraction of sp³-hybridized carbons (Fsp3) is 0.385. The van der Waals surface area contributed by atoms with Gasteiger partial charge >= 0.3 is 0 Å². The Labute approximate surface area is 199 Å². The molecule has 1 saturated heterocycles. The zero-order chi connectivity index (χ0) is 23.8. The highest BCUT2D eigenvalue weighted by atomic mass is 16.5. The molecule has 0 spiro atoms. The molecular weight excluding hydrogens is 430 g/mol. The SMILES string of the molecule is CCCCOc1ccc(-c2nnc(CCC(=O)N3CCN(c4ccccc4)CC3)c(=O)[nH]2)cc1. The number of aromatic nitrogens is 3. The van der Waals surface area contributed by atoms with Gasteiger partial charge < -0.3 is 19.5 Å². The van der Waals surface area contributed by atoms with Gasteiger partial charge in [0.15, 0.2) is 5.82 Å². The van der Waals surface area contributed by atoms with Gasteiger partial charge in [0, 0.05) is 50.3 Å². The number of ether oxygens (including phenoxy) is 1. The molecule has 1 aliphatic heterocycles. The van der Waals surface area contributed by atoms with E-state index < -0.39 is 0 Å². The van der Waals surface area contributed by atoms with Crippen LogP contribution in [0.4, 0.5) is 5.69 Å². The van der Waals surface area contributed by atoms with Crippen LogP contribution in [0.3, 0.4) is 0 Å². The first kappa shape index (κ1) is 23.5. The zero-order valence-electron chi connectivity index (χ0n) is 19.6. The van der Waals surface area contributed by atoms with Crippen molar-refractivity contribution in [2.45, 2.75) is 32.6 Å². The first-order chi connectivity index (χ1) is 16.6. The highest BCUT2D eigenvalue weighted by Crippen LogP contribution is 2.19. The molecule has 0 saturated carbocycles. The summed E-state index contributed by atoms with van der Waals surface area (Å²) in [5.74, 6) is 1.22. The Kier molecular flexibility index (Phi) is 7.91. The Morgan fingerprint density at radius 2 is 1.74 bits per heavy atom. The van der Waals surface area contributed by atoms with E-state index in [1.165, 1.54) is 5.69 Å². The number of anilines is 1. The van der Waals surface area contributed by atoms with Crippen LogP contribution in [-0.2, 0) is 11.2 Å². The molecule has 8 nitrogen and oxygen atoms in total. The number of nitrogens with one attached hydrogen (secondary N) is 1. The fourth-order valence-electron chi connectivity index (χ4n) is 3.93. The Morgan fingerprint density at radius 3 is 2.41 bits per heavy atom. The number of piperazine rings is 1. The number of H-pyrrole nitrogens is 1. The molecule has 2 aromatic carbocycles. The third-order valence-electron chi connectivity index (χ3n) is 5.99. The van der Waals surface area contributed by atoms with Gasteiger partial charge in [0.05, 0.1) is 6.61 Å². The quantitative estimate of drug-likeness (QED) is 0.492. The molecular formula is C26H31N5O3. The van der Waals surface area contributed by atoms with E-state index in [0.717, 1.165) is 37.2 Å². The van der Waals surface area contributed by atoms with Gasteiger partial charge in [-0.1, -0.05) is 31.5 Å². The molecule has 1 N–H and O–H groups in total. The number of para-hydroxylation sites is 1. The molecule has 4 rings (SSSR count). The predicted octanol–water partition coefficient (Wildman–Crippen LogP) is 3.29. The van der Waals surface area contributed by atoms with Crippen LogP contribution in [0.5, 0.6) is 5.75 Å². The maximum Gasteiger partial charge on any atom is 0.273 e. The molecule has 34 heavy (non-hydrogen) atoms. The monoisotopic (exact) mass is 461 g/mol. The summed E-state index contributed by atoms with van der Waals surface area (Å²) >= 11 is 0. The number of unbranched alkanes of at least 4 members (excludes halogenated alkanes) is 1. The number of benzene rings is 2. The van der Waals surface area contributed by atoms with Gasteiger partial charge in [0.2, 0.25) is 5.91 Å². The first-order valence-electron chi connectivity index (χ1n) is 11.9. The number of carbonyl (C=O) groups is 1. The van der Waals surface area contributed by atoms with Crippen molar-refractivity contribution in [2.24, 2.45) is 0 Å². The summed E-state index contributed by atoms with van der Waals surface area (Å²) in [7, 11) is 0. The van der Waals surface area contributed by atoms with E-state index in [4.69, 9.17) is 4.74 Å². The molecule has 1 fully saturated rings. The van der Waals surface area contributed by atoms with Crippen LogP contribution in [0.2, 0.25) is 0 Å². The minimum Gasteiger partial charge on any atom is -0.494 e. The van der Waals surface area contributed by atoms with E-state index in [9.17, 15) is 9.59 Å². The van der Waals surface area contributed by atoms with Gasteiger partial charge in [-0.25, -0.2) is 0 Å². The van der Waals surface area contributed by atoms with Crippen LogP contribution < -0.4 is 15.2 Å². The van der Waals surface area contributed by atoms with E-state index in [-0.39, 0.29) is 30.0 Å². The third-order valence-corrected chi connectivity index (χ3v) is 5.99. The van der Waals surface area contributed by atoms with Gasteiger partial charge in [-0.2, -0.15) is 0 Å². The Balaban J connectivity index is 1.28. The molecule has 2 heterocycles. The summed E-state index contributed by atoms with van der Waals surface area (Å²) in [6.07, 6.45) is 2.60. The lowest BCUT2D eigenvalue weighted by Crippen LogP contribution is -2.48. The second kappa shape index (κ2) is 11.4. The van der Waals surface area contributed by atoms with Crippen molar-refractivity contribution in [3.05, 3.63) is 70.6 Å². The number of hydrogen-bond acceptors (Lipinski definition) is 6. The average molecular weight is 462 g/mol. The zero-order valence-corrected chi connectivity index (χ0v) is 19.6. The van der Waals surface area contributed by atoms with Crippen molar-refractivity contribution in [1.29, 1.82) is 0 Å². The molecule has 0 bridgehead atoms. The summed E-state index contributed by atoms with van der Waals surface area (Å²) in [5, 5.41) is 8.27. The number of carbonyl (C=O) groups excluding carboxylic acids is 1.